The molecule has 1 amide bonds. The number of thiazole rings is 1. The van der Waals surface area contributed by atoms with Gasteiger partial charge in [0.1, 0.15) is 5.01 Å². The first-order valence-electron chi connectivity index (χ1n) is 6.07. The predicted octanol–water partition coefficient (Wildman–Crippen LogP) is 1.59. The monoisotopic (exact) mass is 253 g/mol. The van der Waals surface area contributed by atoms with Crippen molar-refractivity contribution in [2.45, 2.75) is 45.2 Å². The summed E-state index contributed by atoms with van der Waals surface area (Å²) in [5, 5.41) is 3.89. The Labute approximate surface area is 106 Å². The van der Waals surface area contributed by atoms with Crippen LogP contribution in [0, 0.1) is 12.8 Å². The lowest BCUT2D eigenvalue weighted by atomic mass is 10.0. The Bertz CT molecular complexity index is 391. The molecule has 2 rings (SSSR count). The molecule has 1 aliphatic carbocycles. The molecule has 5 heteroatoms. The topological polar surface area (TPSA) is 68.0 Å². The van der Waals surface area contributed by atoms with Crippen molar-refractivity contribution in [1.82, 2.24) is 10.3 Å². The lowest BCUT2D eigenvalue weighted by Crippen LogP contribution is -2.25. The largest absolute Gasteiger partial charge is 0.350 e. The van der Waals surface area contributed by atoms with E-state index in [0.717, 1.165) is 24.3 Å². The van der Waals surface area contributed by atoms with Gasteiger partial charge in [-0.25, -0.2) is 4.98 Å². The molecule has 0 aliphatic heterocycles. The summed E-state index contributed by atoms with van der Waals surface area (Å²) in [6, 6.07) is 0.300. The number of rotatable bonds is 4. The fraction of sp³-hybridized carbons (Fsp3) is 0.667. The van der Waals surface area contributed by atoms with Crippen LogP contribution in [0.3, 0.4) is 0 Å². The van der Waals surface area contributed by atoms with E-state index in [9.17, 15) is 4.79 Å². The molecule has 94 valence electrons. The number of aryl methyl sites for hydroxylation is 1. The summed E-state index contributed by atoms with van der Waals surface area (Å²) in [6.07, 6.45) is 5.58. The van der Waals surface area contributed by atoms with Crippen LogP contribution >= 0.6 is 11.3 Å². The van der Waals surface area contributed by atoms with E-state index in [0.29, 0.717) is 24.9 Å². The fourth-order valence-electron chi connectivity index (χ4n) is 2.29. The van der Waals surface area contributed by atoms with Crippen LogP contribution < -0.4 is 11.1 Å². The molecule has 4 nitrogen and oxygen atoms in total. The maximum absolute atomic E-state index is 11.7. The van der Waals surface area contributed by atoms with Crippen LogP contribution in [0.15, 0.2) is 6.20 Å². The van der Waals surface area contributed by atoms with Crippen LogP contribution in [0.5, 0.6) is 0 Å². The molecular weight excluding hydrogens is 234 g/mol. The van der Waals surface area contributed by atoms with Gasteiger partial charge < -0.3 is 11.1 Å². The van der Waals surface area contributed by atoms with E-state index in [2.05, 4.69) is 10.3 Å². The van der Waals surface area contributed by atoms with Crippen molar-refractivity contribution in [2.24, 2.45) is 11.7 Å². The summed E-state index contributed by atoms with van der Waals surface area (Å²) in [4.78, 5) is 17.1. The third-order valence-electron chi connectivity index (χ3n) is 3.16. The van der Waals surface area contributed by atoms with E-state index in [1.165, 1.54) is 4.88 Å². The van der Waals surface area contributed by atoms with E-state index in [4.69, 9.17) is 5.73 Å². The first kappa shape index (κ1) is 12.5. The van der Waals surface area contributed by atoms with Gasteiger partial charge in [0, 0.05) is 23.5 Å². The minimum atomic E-state index is 0.122. The molecule has 0 unspecified atom stereocenters. The van der Waals surface area contributed by atoms with Crippen molar-refractivity contribution in [2.75, 3.05) is 0 Å². The van der Waals surface area contributed by atoms with Crippen molar-refractivity contribution in [3.05, 3.63) is 16.1 Å². The third-order valence-corrected chi connectivity index (χ3v) is 4.07. The molecule has 1 heterocycles. The number of carbonyl (C=O) groups is 1. The highest BCUT2D eigenvalue weighted by molar-refractivity contribution is 7.11. The van der Waals surface area contributed by atoms with Gasteiger partial charge in [-0.1, -0.05) is 0 Å². The minimum Gasteiger partial charge on any atom is -0.350 e. The second-order valence-corrected chi connectivity index (χ2v) is 6.10. The second kappa shape index (κ2) is 5.60. The Morgan fingerprint density at radius 2 is 2.47 bits per heavy atom. The van der Waals surface area contributed by atoms with Gasteiger partial charge in [0.15, 0.2) is 0 Å². The van der Waals surface area contributed by atoms with Crippen LogP contribution in [-0.4, -0.2) is 16.9 Å². The van der Waals surface area contributed by atoms with Gasteiger partial charge in [-0.05, 0) is 32.1 Å². The highest BCUT2D eigenvalue weighted by atomic mass is 32.1. The molecule has 1 aromatic heterocycles. The number of nitrogens with one attached hydrogen (secondary N) is 1. The van der Waals surface area contributed by atoms with Crippen LogP contribution in [0.25, 0.3) is 0 Å². The number of hydrogen-bond donors (Lipinski definition) is 2. The van der Waals surface area contributed by atoms with Gasteiger partial charge in [0.05, 0.1) is 6.54 Å². The maximum Gasteiger partial charge on any atom is 0.220 e. The van der Waals surface area contributed by atoms with Gasteiger partial charge in [0.25, 0.3) is 0 Å². The predicted molar refractivity (Wildman–Crippen MR) is 68.6 cm³/mol. The normalized spacial score (nSPS) is 23.9. The first-order valence-corrected chi connectivity index (χ1v) is 6.88. The smallest absolute Gasteiger partial charge is 0.220 e. The molecule has 1 aromatic rings. The van der Waals surface area contributed by atoms with Gasteiger partial charge in [-0.15, -0.1) is 11.3 Å². The standard InChI is InChI=1S/C12H19N3OS/c1-8-6-15-12(17-8)7-14-11(16)5-9-2-3-10(13)4-9/h6,9-10H,2-5,7,13H2,1H3,(H,14,16)/t9-,10+/m1/s1. The Kier molecular flexibility index (Phi) is 4.12. The zero-order valence-electron chi connectivity index (χ0n) is 10.1. The zero-order valence-corrected chi connectivity index (χ0v) is 10.9. The molecule has 3 N–H and O–H groups in total. The number of hydrogen-bond acceptors (Lipinski definition) is 4. The van der Waals surface area contributed by atoms with Crippen LogP contribution in [0.4, 0.5) is 0 Å². The SMILES string of the molecule is Cc1cnc(CNC(=O)C[C@@H]2CC[C@H](N)C2)s1. The van der Waals surface area contributed by atoms with Crippen molar-refractivity contribution < 1.29 is 4.79 Å². The van der Waals surface area contributed by atoms with Crippen LogP contribution in [0.1, 0.15) is 35.6 Å². The summed E-state index contributed by atoms with van der Waals surface area (Å²) in [6.45, 7) is 2.57. The zero-order chi connectivity index (χ0) is 12.3. The number of carbonyl (C=O) groups excluding carboxylic acids is 1. The molecule has 1 saturated carbocycles. The fourth-order valence-corrected chi connectivity index (χ4v) is 3.02. The summed E-state index contributed by atoms with van der Waals surface area (Å²) in [5.74, 6) is 0.597. The van der Waals surface area contributed by atoms with Gasteiger partial charge in [0.2, 0.25) is 5.91 Å². The number of amides is 1. The second-order valence-electron chi connectivity index (χ2n) is 4.78. The van der Waals surface area contributed by atoms with Crippen molar-refractivity contribution in [1.29, 1.82) is 0 Å². The first-order chi connectivity index (χ1) is 8.13. The Balaban J connectivity index is 1.71. The summed E-state index contributed by atoms with van der Waals surface area (Å²) in [7, 11) is 0. The third kappa shape index (κ3) is 3.78. The number of aromatic nitrogens is 1. The molecule has 0 saturated heterocycles. The molecule has 1 fully saturated rings. The summed E-state index contributed by atoms with van der Waals surface area (Å²) < 4.78 is 0. The Hall–Kier alpha value is -0.940. The van der Waals surface area contributed by atoms with Crippen molar-refractivity contribution >= 4 is 17.2 Å². The lowest BCUT2D eigenvalue weighted by Gasteiger charge is -2.09. The van der Waals surface area contributed by atoms with E-state index in [1.807, 2.05) is 13.1 Å². The van der Waals surface area contributed by atoms with Crippen molar-refractivity contribution in [3.8, 4) is 0 Å². The maximum atomic E-state index is 11.7. The molecule has 0 bridgehead atoms. The van der Waals surface area contributed by atoms with Crippen LogP contribution in [0.2, 0.25) is 0 Å². The Morgan fingerprint density at radius 3 is 3.06 bits per heavy atom. The quantitative estimate of drug-likeness (QED) is 0.856. The van der Waals surface area contributed by atoms with Crippen LogP contribution in [-0.2, 0) is 11.3 Å². The van der Waals surface area contributed by atoms with Gasteiger partial charge in [-0.3, -0.25) is 4.79 Å². The lowest BCUT2D eigenvalue weighted by molar-refractivity contribution is -0.122. The average molecular weight is 253 g/mol. The number of nitrogens with two attached hydrogens (primary N) is 1. The average Bonchev–Trinajstić information content (AvgIpc) is 2.85. The summed E-state index contributed by atoms with van der Waals surface area (Å²) >= 11 is 1.63. The molecule has 1 aliphatic rings. The van der Waals surface area contributed by atoms with Crippen molar-refractivity contribution in [3.63, 3.8) is 0 Å². The van der Waals surface area contributed by atoms with E-state index >= 15 is 0 Å². The summed E-state index contributed by atoms with van der Waals surface area (Å²) in [5.41, 5.74) is 5.83. The molecule has 17 heavy (non-hydrogen) atoms. The van der Waals surface area contributed by atoms with Gasteiger partial charge in [-0.2, -0.15) is 0 Å². The number of nitrogens with zero attached hydrogens (tertiary/aromatic N) is 1. The molecule has 0 aromatic carbocycles. The molecule has 2 atom stereocenters. The molecule has 0 radical (unpaired) electrons. The minimum absolute atomic E-state index is 0.122. The molecule has 0 spiro atoms. The van der Waals surface area contributed by atoms with E-state index in [1.54, 1.807) is 11.3 Å². The van der Waals surface area contributed by atoms with E-state index in [-0.39, 0.29) is 5.91 Å². The van der Waals surface area contributed by atoms with Gasteiger partial charge >= 0.3 is 0 Å². The van der Waals surface area contributed by atoms with E-state index < -0.39 is 0 Å². The highest BCUT2D eigenvalue weighted by Crippen LogP contribution is 2.26. The molecular formula is C12H19N3OS. The Morgan fingerprint density at radius 1 is 1.65 bits per heavy atom. The highest BCUT2D eigenvalue weighted by Gasteiger charge is 2.23.